The van der Waals surface area contributed by atoms with Crippen molar-refractivity contribution in [3.8, 4) is 5.75 Å². The highest BCUT2D eigenvalue weighted by atomic mass is 16.3. The molecule has 2 nitrogen and oxygen atoms in total. The molecule has 116 valence electrons. The van der Waals surface area contributed by atoms with Gasteiger partial charge in [-0.05, 0) is 41.8 Å². The summed E-state index contributed by atoms with van der Waals surface area (Å²) in [6.07, 6.45) is 0. The van der Waals surface area contributed by atoms with E-state index in [0.29, 0.717) is 5.75 Å². The third-order valence-corrected chi connectivity index (χ3v) is 3.95. The molecule has 0 aliphatic heterocycles. The molecular weight excluding hydrogens is 282 g/mol. The molecule has 23 heavy (non-hydrogen) atoms. The van der Waals surface area contributed by atoms with E-state index in [1.54, 1.807) is 6.07 Å². The molecule has 0 bridgehead atoms. The normalized spacial score (nSPS) is 10.5. The number of phenols is 1. The monoisotopic (exact) mass is 303 g/mol. The lowest BCUT2D eigenvalue weighted by Gasteiger charge is -2.27. The fourth-order valence-corrected chi connectivity index (χ4v) is 2.83. The Hall–Kier alpha value is -2.74. The minimum absolute atomic E-state index is 0.311. The van der Waals surface area contributed by atoms with Crippen LogP contribution < -0.4 is 4.90 Å². The molecule has 1 N–H and O–H groups in total. The second-order valence-electron chi connectivity index (χ2n) is 5.80. The standard InChI is InChI=1S/C21H21NO/c1-17-14-20(23)12-13-21(17)22(15-18-8-4-2-5-9-18)16-19-10-6-3-7-11-19/h2-14,23H,15-16H2,1H3. The van der Waals surface area contributed by atoms with Crippen LogP contribution in [0.15, 0.2) is 78.9 Å². The van der Waals surface area contributed by atoms with Gasteiger partial charge in [0.15, 0.2) is 0 Å². The Morgan fingerprint density at radius 2 is 1.26 bits per heavy atom. The fraction of sp³-hybridized carbons (Fsp3) is 0.143. The number of nitrogens with zero attached hydrogens (tertiary/aromatic N) is 1. The van der Waals surface area contributed by atoms with Gasteiger partial charge in [-0.1, -0.05) is 60.7 Å². The molecule has 0 aliphatic carbocycles. The first-order valence-electron chi connectivity index (χ1n) is 7.85. The SMILES string of the molecule is Cc1cc(O)ccc1N(Cc1ccccc1)Cc1ccccc1. The largest absolute Gasteiger partial charge is 0.508 e. The number of hydrogen-bond acceptors (Lipinski definition) is 2. The van der Waals surface area contributed by atoms with Crippen molar-refractivity contribution in [1.29, 1.82) is 0 Å². The van der Waals surface area contributed by atoms with Crippen molar-refractivity contribution in [3.63, 3.8) is 0 Å². The third kappa shape index (κ3) is 3.92. The van der Waals surface area contributed by atoms with Crippen LogP contribution in [0.4, 0.5) is 5.69 Å². The molecule has 0 aromatic heterocycles. The zero-order valence-electron chi connectivity index (χ0n) is 13.3. The van der Waals surface area contributed by atoms with Crippen molar-refractivity contribution in [3.05, 3.63) is 95.6 Å². The molecule has 2 heteroatoms. The first-order valence-corrected chi connectivity index (χ1v) is 7.85. The second kappa shape index (κ2) is 7.01. The van der Waals surface area contributed by atoms with Crippen LogP contribution in [0.3, 0.4) is 0 Å². The highest BCUT2D eigenvalue weighted by Crippen LogP contribution is 2.27. The summed E-state index contributed by atoms with van der Waals surface area (Å²) in [5, 5.41) is 9.68. The molecule has 0 saturated carbocycles. The number of hydrogen-bond donors (Lipinski definition) is 1. The van der Waals surface area contributed by atoms with E-state index in [-0.39, 0.29) is 0 Å². The van der Waals surface area contributed by atoms with Crippen LogP contribution in [-0.2, 0) is 13.1 Å². The highest BCUT2D eigenvalue weighted by Gasteiger charge is 2.11. The Bertz CT molecular complexity index is 712. The fourth-order valence-electron chi connectivity index (χ4n) is 2.83. The zero-order valence-corrected chi connectivity index (χ0v) is 13.3. The lowest BCUT2D eigenvalue weighted by Crippen LogP contribution is -2.22. The number of aromatic hydroxyl groups is 1. The third-order valence-electron chi connectivity index (χ3n) is 3.95. The van der Waals surface area contributed by atoms with E-state index in [2.05, 4.69) is 53.4 Å². The van der Waals surface area contributed by atoms with Gasteiger partial charge in [0.2, 0.25) is 0 Å². The summed E-state index contributed by atoms with van der Waals surface area (Å²) in [6.45, 7) is 3.71. The Balaban J connectivity index is 1.92. The topological polar surface area (TPSA) is 23.5 Å². The summed E-state index contributed by atoms with van der Waals surface area (Å²) in [5.41, 5.74) is 4.78. The van der Waals surface area contributed by atoms with Crippen LogP contribution in [0.5, 0.6) is 5.75 Å². The summed E-state index contributed by atoms with van der Waals surface area (Å²) < 4.78 is 0. The van der Waals surface area contributed by atoms with Gasteiger partial charge in [0.05, 0.1) is 0 Å². The molecule has 0 heterocycles. The summed E-state index contributed by atoms with van der Waals surface area (Å²) in [6, 6.07) is 26.5. The van der Waals surface area contributed by atoms with Crippen molar-refractivity contribution in [2.24, 2.45) is 0 Å². The molecule has 0 amide bonds. The molecule has 0 saturated heterocycles. The summed E-state index contributed by atoms with van der Waals surface area (Å²) in [4.78, 5) is 2.35. The molecule has 0 unspecified atom stereocenters. The minimum atomic E-state index is 0.311. The van der Waals surface area contributed by atoms with Crippen molar-refractivity contribution in [2.45, 2.75) is 20.0 Å². The highest BCUT2D eigenvalue weighted by molar-refractivity contribution is 5.56. The van der Waals surface area contributed by atoms with Gasteiger partial charge in [0, 0.05) is 18.8 Å². The molecule has 0 fully saturated rings. The van der Waals surface area contributed by atoms with Crippen LogP contribution in [0.1, 0.15) is 16.7 Å². The molecule has 0 aliphatic rings. The maximum Gasteiger partial charge on any atom is 0.115 e. The van der Waals surface area contributed by atoms with Gasteiger partial charge in [-0.15, -0.1) is 0 Å². The summed E-state index contributed by atoms with van der Waals surface area (Å²) in [7, 11) is 0. The smallest absolute Gasteiger partial charge is 0.115 e. The zero-order chi connectivity index (χ0) is 16.1. The van der Waals surface area contributed by atoms with Gasteiger partial charge >= 0.3 is 0 Å². The minimum Gasteiger partial charge on any atom is -0.508 e. The van der Waals surface area contributed by atoms with E-state index < -0.39 is 0 Å². The van der Waals surface area contributed by atoms with Gasteiger partial charge in [0.1, 0.15) is 5.75 Å². The predicted octanol–water partition coefficient (Wildman–Crippen LogP) is 4.91. The molecular formula is C21H21NO. The number of aryl methyl sites for hydroxylation is 1. The van der Waals surface area contributed by atoms with E-state index in [9.17, 15) is 5.11 Å². The van der Waals surface area contributed by atoms with Crippen molar-refractivity contribution < 1.29 is 5.11 Å². The Morgan fingerprint density at radius 1 is 0.739 bits per heavy atom. The predicted molar refractivity (Wildman–Crippen MR) is 95.6 cm³/mol. The summed E-state index contributed by atoms with van der Waals surface area (Å²) in [5.74, 6) is 0.311. The van der Waals surface area contributed by atoms with E-state index >= 15 is 0 Å². The van der Waals surface area contributed by atoms with E-state index in [4.69, 9.17) is 0 Å². The van der Waals surface area contributed by atoms with Crippen LogP contribution in [0.25, 0.3) is 0 Å². The molecule has 3 aromatic rings. The average molecular weight is 303 g/mol. The first kappa shape index (κ1) is 15.2. The number of phenolic OH excluding ortho intramolecular Hbond substituents is 1. The number of anilines is 1. The van der Waals surface area contributed by atoms with Gasteiger partial charge in [0.25, 0.3) is 0 Å². The van der Waals surface area contributed by atoms with Crippen LogP contribution in [-0.4, -0.2) is 5.11 Å². The van der Waals surface area contributed by atoms with Crippen LogP contribution in [0.2, 0.25) is 0 Å². The Kier molecular flexibility index (Phi) is 4.62. The van der Waals surface area contributed by atoms with E-state index in [0.717, 1.165) is 24.3 Å². The second-order valence-corrected chi connectivity index (χ2v) is 5.80. The lowest BCUT2D eigenvalue weighted by molar-refractivity contribution is 0.475. The van der Waals surface area contributed by atoms with E-state index in [1.165, 1.54) is 11.1 Å². The Morgan fingerprint density at radius 3 is 1.74 bits per heavy atom. The van der Waals surface area contributed by atoms with Crippen molar-refractivity contribution in [1.82, 2.24) is 0 Å². The number of rotatable bonds is 5. The van der Waals surface area contributed by atoms with Gasteiger partial charge < -0.3 is 10.0 Å². The quantitative estimate of drug-likeness (QED) is 0.724. The van der Waals surface area contributed by atoms with Crippen molar-refractivity contribution >= 4 is 5.69 Å². The molecule has 0 spiro atoms. The van der Waals surface area contributed by atoms with Gasteiger partial charge in [-0.2, -0.15) is 0 Å². The maximum absolute atomic E-state index is 9.68. The van der Waals surface area contributed by atoms with Crippen LogP contribution in [0, 0.1) is 6.92 Å². The van der Waals surface area contributed by atoms with Gasteiger partial charge in [-0.3, -0.25) is 0 Å². The Labute approximate surface area is 137 Å². The molecule has 0 radical (unpaired) electrons. The number of benzene rings is 3. The van der Waals surface area contributed by atoms with Gasteiger partial charge in [-0.25, -0.2) is 0 Å². The van der Waals surface area contributed by atoms with E-state index in [1.807, 2.05) is 31.2 Å². The molecule has 3 aromatic carbocycles. The summed E-state index contributed by atoms with van der Waals surface area (Å²) >= 11 is 0. The molecule has 0 atom stereocenters. The maximum atomic E-state index is 9.68. The lowest BCUT2D eigenvalue weighted by atomic mass is 10.1. The first-order chi connectivity index (χ1) is 11.2. The van der Waals surface area contributed by atoms with Crippen molar-refractivity contribution in [2.75, 3.05) is 4.90 Å². The molecule has 3 rings (SSSR count). The average Bonchev–Trinajstić information content (AvgIpc) is 2.56. The van der Waals surface area contributed by atoms with Crippen LogP contribution >= 0.6 is 0 Å².